The highest BCUT2D eigenvalue weighted by Crippen LogP contribution is 2.27. The first-order valence-electron chi connectivity index (χ1n) is 8.77. The van der Waals surface area contributed by atoms with E-state index in [2.05, 4.69) is 5.32 Å². The number of carbonyl (C=O) groups excluding carboxylic acids is 1. The molecule has 0 saturated carbocycles. The van der Waals surface area contributed by atoms with E-state index in [1.165, 1.54) is 0 Å². The highest BCUT2D eigenvalue weighted by Gasteiger charge is 2.13. The van der Waals surface area contributed by atoms with Gasteiger partial charge in [0.2, 0.25) is 0 Å². The lowest BCUT2D eigenvalue weighted by Gasteiger charge is -2.14. The Bertz CT molecular complexity index is 961. The van der Waals surface area contributed by atoms with Gasteiger partial charge in [0.1, 0.15) is 18.1 Å². The number of hydrogen-bond donors (Lipinski definition) is 1. The zero-order chi connectivity index (χ0) is 19.9. The summed E-state index contributed by atoms with van der Waals surface area (Å²) in [4.78, 5) is 12.7. The molecule has 144 valence electrons. The maximum Gasteiger partial charge on any atom is 0.255 e. The van der Waals surface area contributed by atoms with Gasteiger partial charge in [0.25, 0.3) is 5.91 Å². The summed E-state index contributed by atoms with van der Waals surface area (Å²) in [6, 6.07) is 19.6. The first kappa shape index (κ1) is 20.1. The first-order chi connectivity index (χ1) is 13.6. The molecule has 3 rings (SSSR count). The molecule has 0 unspecified atom stereocenters. The minimum absolute atomic E-state index is 0.280. The molecular weight excluding hydrogens is 397 g/mol. The van der Waals surface area contributed by atoms with E-state index in [-0.39, 0.29) is 12.5 Å². The average molecular weight is 416 g/mol. The van der Waals surface area contributed by atoms with Gasteiger partial charge in [0.15, 0.2) is 0 Å². The molecule has 0 radical (unpaired) electrons. The average Bonchev–Trinajstić information content (AvgIpc) is 2.70. The van der Waals surface area contributed by atoms with Gasteiger partial charge in [-0.1, -0.05) is 41.4 Å². The summed E-state index contributed by atoms with van der Waals surface area (Å²) < 4.78 is 11.5. The second kappa shape index (κ2) is 9.49. The third-order valence-electron chi connectivity index (χ3n) is 3.94. The van der Waals surface area contributed by atoms with Crippen LogP contribution in [0.5, 0.6) is 11.5 Å². The van der Waals surface area contributed by atoms with Gasteiger partial charge in [0, 0.05) is 16.1 Å². The van der Waals surface area contributed by atoms with Crippen molar-refractivity contribution in [3.05, 3.63) is 87.9 Å². The first-order valence-corrected chi connectivity index (χ1v) is 9.52. The molecule has 0 saturated heterocycles. The molecular formula is C22H19Cl2NO3. The monoisotopic (exact) mass is 415 g/mol. The van der Waals surface area contributed by atoms with Crippen LogP contribution in [0.15, 0.2) is 66.7 Å². The molecule has 0 heterocycles. The van der Waals surface area contributed by atoms with E-state index in [4.69, 9.17) is 32.7 Å². The number of para-hydroxylation sites is 1. The van der Waals surface area contributed by atoms with Crippen LogP contribution in [0, 0.1) is 0 Å². The number of halogens is 2. The molecule has 1 N–H and O–H groups in total. The smallest absolute Gasteiger partial charge is 0.255 e. The van der Waals surface area contributed by atoms with Crippen molar-refractivity contribution in [2.75, 3.05) is 11.9 Å². The van der Waals surface area contributed by atoms with Gasteiger partial charge in [-0.2, -0.15) is 0 Å². The molecule has 28 heavy (non-hydrogen) atoms. The van der Waals surface area contributed by atoms with Crippen LogP contribution in [0.25, 0.3) is 0 Å². The zero-order valence-corrected chi connectivity index (χ0v) is 16.8. The minimum atomic E-state index is -0.284. The van der Waals surface area contributed by atoms with Crippen molar-refractivity contribution in [1.82, 2.24) is 0 Å². The van der Waals surface area contributed by atoms with E-state index in [1.54, 1.807) is 36.4 Å². The van der Waals surface area contributed by atoms with Gasteiger partial charge in [-0.05, 0) is 55.5 Å². The third-order valence-corrected chi connectivity index (χ3v) is 4.49. The van der Waals surface area contributed by atoms with E-state index >= 15 is 0 Å². The molecule has 4 nitrogen and oxygen atoms in total. The number of amides is 1. The lowest BCUT2D eigenvalue weighted by atomic mass is 10.1. The van der Waals surface area contributed by atoms with Crippen molar-refractivity contribution >= 4 is 34.8 Å². The maximum atomic E-state index is 12.7. The van der Waals surface area contributed by atoms with Gasteiger partial charge < -0.3 is 14.8 Å². The minimum Gasteiger partial charge on any atom is -0.493 e. The molecule has 0 atom stereocenters. The summed E-state index contributed by atoms with van der Waals surface area (Å²) in [5, 5.41) is 3.67. The van der Waals surface area contributed by atoms with Crippen molar-refractivity contribution in [1.29, 1.82) is 0 Å². The molecule has 0 aliphatic carbocycles. The standard InChI is InChI=1S/C22H19Cl2NO3/c1-2-27-21-11-8-15(12-16(21)14-28-18-6-4-3-5-7-18)22(26)25-20-10-9-17(23)13-19(20)24/h3-13H,2,14H2,1H3,(H,25,26). The summed E-state index contributed by atoms with van der Waals surface area (Å²) in [5.41, 5.74) is 1.74. The number of anilines is 1. The van der Waals surface area contributed by atoms with Crippen LogP contribution in [0.3, 0.4) is 0 Å². The Morgan fingerprint density at radius 1 is 0.964 bits per heavy atom. The maximum absolute atomic E-state index is 12.7. The van der Waals surface area contributed by atoms with Gasteiger partial charge in [0.05, 0.1) is 17.3 Å². The topological polar surface area (TPSA) is 47.6 Å². The van der Waals surface area contributed by atoms with Gasteiger partial charge in [-0.3, -0.25) is 4.79 Å². The van der Waals surface area contributed by atoms with E-state index < -0.39 is 0 Å². The van der Waals surface area contributed by atoms with Crippen LogP contribution in [-0.2, 0) is 6.61 Å². The lowest BCUT2D eigenvalue weighted by Crippen LogP contribution is -2.13. The van der Waals surface area contributed by atoms with Crippen molar-refractivity contribution in [3.63, 3.8) is 0 Å². The summed E-state index contributed by atoms with van der Waals surface area (Å²) in [6.45, 7) is 2.71. The zero-order valence-electron chi connectivity index (χ0n) is 15.2. The number of hydrogen-bond acceptors (Lipinski definition) is 3. The molecule has 3 aromatic rings. The fourth-order valence-electron chi connectivity index (χ4n) is 2.59. The van der Waals surface area contributed by atoms with Gasteiger partial charge >= 0.3 is 0 Å². The second-order valence-electron chi connectivity index (χ2n) is 5.94. The van der Waals surface area contributed by atoms with Crippen molar-refractivity contribution in [2.24, 2.45) is 0 Å². The van der Waals surface area contributed by atoms with Gasteiger partial charge in [-0.25, -0.2) is 0 Å². The lowest BCUT2D eigenvalue weighted by molar-refractivity contribution is 0.102. The normalized spacial score (nSPS) is 10.4. The summed E-state index contributed by atoms with van der Waals surface area (Å²) in [5.74, 6) is 1.14. The summed E-state index contributed by atoms with van der Waals surface area (Å²) >= 11 is 12.0. The van der Waals surface area contributed by atoms with E-state index in [1.807, 2.05) is 37.3 Å². The highest BCUT2D eigenvalue weighted by molar-refractivity contribution is 6.36. The molecule has 0 aliphatic rings. The number of carbonyl (C=O) groups is 1. The third kappa shape index (κ3) is 5.18. The Morgan fingerprint density at radius 2 is 1.75 bits per heavy atom. The Kier molecular flexibility index (Phi) is 6.80. The molecule has 1 amide bonds. The van der Waals surface area contributed by atoms with Crippen molar-refractivity contribution < 1.29 is 14.3 Å². The predicted octanol–water partition coefficient (Wildman–Crippen LogP) is 6.22. The molecule has 0 aromatic heterocycles. The highest BCUT2D eigenvalue weighted by atomic mass is 35.5. The van der Waals surface area contributed by atoms with Crippen molar-refractivity contribution in [2.45, 2.75) is 13.5 Å². The molecule has 0 fully saturated rings. The number of nitrogens with one attached hydrogen (secondary N) is 1. The number of benzene rings is 3. The number of ether oxygens (including phenoxy) is 2. The van der Waals surface area contributed by atoms with Crippen molar-refractivity contribution in [3.8, 4) is 11.5 Å². The van der Waals surface area contributed by atoms with E-state index in [0.29, 0.717) is 33.7 Å². The SMILES string of the molecule is CCOc1ccc(C(=O)Nc2ccc(Cl)cc2Cl)cc1COc1ccccc1. The van der Waals surface area contributed by atoms with Crippen LogP contribution in [0.4, 0.5) is 5.69 Å². The van der Waals surface area contributed by atoms with Crippen LogP contribution in [-0.4, -0.2) is 12.5 Å². The molecule has 0 aliphatic heterocycles. The molecule has 0 spiro atoms. The second-order valence-corrected chi connectivity index (χ2v) is 6.78. The Morgan fingerprint density at radius 3 is 2.46 bits per heavy atom. The van der Waals surface area contributed by atoms with Crippen LogP contribution in [0.2, 0.25) is 10.0 Å². The fourth-order valence-corrected chi connectivity index (χ4v) is 3.05. The van der Waals surface area contributed by atoms with Crippen LogP contribution >= 0.6 is 23.2 Å². The summed E-state index contributed by atoms with van der Waals surface area (Å²) in [6.07, 6.45) is 0. The predicted molar refractivity (Wildman–Crippen MR) is 113 cm³/mol. The largest absolute Gasteiger partial charge is 0.493 e. The summed E-state index contributed by atoms with van der Waals surface area (Å²) in [7, 11) is 0. The quantitative estimate of drug-likeness (QED) is 0.497. The van der Waals surface area contributed by atoms with Crippen LogP contribution in [0.1, 0.15) is 22.8 Å². The van der Waals surface area contributed by atoms with Crippen LogP contribution < -0.4 is 14.8 Å². The molecule has 6 heteroatoms. The Hall–Kier alpha value is -2.69. The molecule has 3 aromatic carbocycles. The van der Waals surface area contributed by atoms with E-state index in [9.17, 15) is 4.79 Å². The van der Waals surface area contributed by atoms with E-state index in [0.717, 1.165) is 11.3 Å². The van der Waals surface area contributed by atoms with Gasteiger partial charge in [-0.15, -0.1) is 0 Å². The Labute approximate surface area is 174 Å². The Balaban J connectivity index is 1.79. The molecule has 0 bridgehead atoms. The fraction of sp³-hybridized carbons (Fsp3) is 0.136. The number of rotatable bonds is 7.